The third-order valence-electron chi connectivity index (χ3n) is 2.19. The zero-order valence-corrected chi connectivity index (χ0v) is 11.2. The van der Waals surface area contributed by atoms with Crippen LogP contribution in [0.3, 0.4) is 0 Å². The summed E-state index contributed by atoms with van der Waals surface area (Å²) in [5.41, 5.74) is 0.986. The first kappa shape index (κ1) is 11.9. The molecule has 1 aromatic carbocycles. The molecule has 0 aliphatic heterocycles. The number of benzene rings is 1. The number of nitrogens with zero attached hydrogens (tertiary/aromatic N) is 2. The first-order valence-electron chi connectivity index (χ1n) is 5.23. The van der Waals surface area contributed by atoms with Crippen molar-refractivity contribution in [2.45, 2.75) is 6.92 Å². The van der Waals surface area contributed by atoms with E-state index < -0.39 is 0 Å². The molecule has 0 fully saturated rings. The first-order chi connectivity index (χ1) is 8.17. The van der Waals surface area contributed by atoms with Gasteiger partial charge in [0.2, 0.25) is 0 Å². The van der Waals surface area contributed by atoms with Crippen LogP contribution in [0.2, 0.25) is 0 Å². The number of aromatic nitrogens is 2. The van der Waals surface area contributed by atoms with Crippen LogP contribution in [-0.2, 0) is 0 Å². The van der Waals surface area contributed by atoms with Crippen LogP contribution in [0.4, 0.5) is 17.3 Å². The summed E-state index contributed by atoms with van der Waals surface area (Å²) in [4.78, 5) is 8.57. The molecule has 0 aliphatic carbocycles. The molecular weight excluding hydrogens is 280 g/mol. The van der Waals surface area contributed by atoms with Crippen molar-refractivity contribution in [2.75, 3.05) is 17.7 Å². The third kappa shape index (κ3) is 3.17. The van der Waals surface area contributed by atoms with Crippen LogP contribution in [0.15, 0.2) is 34.8 Å². The maximum absolute atomic E-state index is 4.33. The number of rotatable bonds is 3. The van der Waals surface area contributed by atoms with Gasteiger partial charge in [0.05, 0.1) is 0 Å². The van der Waals surface area contributed by atoms with Crippen LogP contribution in [0.25, 0.3) is 0 Å². The molecular formula is C12H13BrN4. The highest BCUT2D eigenvalue weighted by atomic mass is 79.9. The largest absolute Gasteiger partial charge is 0.373 e. The minimum Gasteiger partial charge on any atom is -0.373 e. The third-order valence-corrected chi connectivity index (χ3v) is 2.68. The van der Waals surface area contributed by atoms with E-state index in [0.29, 0.717) is 0 Å². The quantitative estimate of drug-likeness (QED) is 0.911. The van der Waals surface area contributed by atoms with Crippen LogP contribution in [0.5, 0.6) is 0 Å². The van der Waals surface area contributed by atoms with Crippen molar-refractivity contribution in [1.82, 2.24) is 9.97 Å². The Hall–Kier alpha value is -1.62. The van der Waals surface area contributed by atoms with Crippen LogP contribution in [0.1, 0.15) is 5.82 Å². The molecule has 0 radical (unpaired) electrons. The van der Waals surface area contributed by atoms with Crippen molar-refractivity contribution in [3.8, 4) is 0 Å². The van der Waals surface area contributed by atoms with E-state index in [2.05, 4.69) is 36.5 Å². The molecule has 0 bridgehead atoms. The molecule has 0 aliphatic rings. The SMILES string of the molecule is CNc1cc(Nc2cccc(Br)c2)nc(C)n1. The molecule has 2 rings (SSSR count). The predicted molar refractivity (Wildman–Crippen MR) is 73.7 cm³/mol. The van der Waals surface area contributed by atoms with Crippen molar-refractivity contribution in [1.29, 1.82) is 0 Å². The number of hydrogen-bond acceptors (Lipinski definition) is 4. The number of nitrogens with one attached hydrogen (secondary N) is 2. The van der Waals surface area contributed by atoms with Gasteiger partial charge in [0.25, 0.3) is 0 Å². The second kappa shape index (κ2) is 5.14. The lowest BCUT2D eigenvalue weighted by atomic mass is 10.3. The highest BCUT2D eigenvalue weighted by Gasteiger charge is 2.01. The predicted octanol–water partition coefficient (Wildman–Crippen LogP) is 3.33. The lowest BCUT2D eigenvalue weighted by molar-refractivity contribution is 1.06. The van der Waals surface area contributed by atoms with Gasteiger partial charge in [0.1, 0.15) is 17.5 Å². The Bertz CT molecular complexity index is 528. The average Bonchev–Trinajstić information content (AvgIpc) is 2.28. The second-order valence-corrected chi connectivity index (χ2v) is 4.49. The van der Waals surface area contributed by atoms with Gasteiger partial charge in [-0.25, -0.2) is 9.97 Å². The topological polar surface area (TPSA) is 49.8 Å². The van der Waals surface area contributed by atoms with E-state index in [0.717, 1.165) is 27.6 Å². The van der Waals surface area contributed by atoms with E-state index in [1.165, 1.54) is 0 Å². The average molecular weight is 293 g/mol. The fourth-order valence-electron chi connectivity index (χ4n) is 1.47. The van der Waals surface area contributed by atoms with Gasteiger partial charge in [0.15, 0.2) is 0 Å². The Labute approximate surface area is 109 Å². The van der Waals surface area contributed by atoms with E-state index in [1.807, 2.05) is 44.3 Å². The Balaban J connectivity index is 2.26. The van der Waals surface area contributed by atoms with Gasteiger partial charge >= 0.3 is 0 Å². The van der Waals surface area contributed by atoms with Gasteiger partial charge in [-0.3, -0.25) is 0 Å². The second-order valence-electron chi connectivity index (χ2n) is 3.57. The summed E-state index contributed by atoms with van der Waals surface area (Å²) >= 11 is 3.43. The lowest BCUT2D eigenvalue weighted by Crippen LogP contribution is -2.01. The number of hydrogen-bond donors (Lipinski definition) is 2. The van der Waals surface area contributed by atoms with Crippen molar-refractivity contribution in [2.24, 2.45) is 0 Å². The summed E-state index contributed by atoms with van der Waals surface area (Å²) in [7, 11) is 1.84. The van der Waals surface area contributed by atoms with Crippen LogP contribution >= 0.6 is 15.9 Å². The molecule has 17 heavy (non-hydrogen) atoms. The summed E-state index contributed by atoms with van der Waals surface area (Å²) in [6.45, 7) is 1.87. The summed E-state index contributed by atoms with van der Waals surface area (Å²) in [6, 6.07) is 9.81. The highest BCUT2D eigenvalue weighted by molar-refractivity contribution is 9.10. The van der Waals surface area contributed by atoms with Gasteiger partial charge in [-0.05, 0) is 25.1 Å². The molecule has 2 aromatic rings. The van der Waals surface area contributed by atoms with Gasteiger partial charge in [-0.1, -0.05) is 22.0 Å². The Morgan fingerprint density at radius 2 is 1.88 bits per heavy atom. The molecule has 5 heteroatoms. The first-order valence-corrected chi connectivity index (χ1v) is 6.03. The Kier molecular flexibility index (Phi) is 3.58. The van der Waals surface area contributed by atoms with Crippen molar-refractivity contribution in [3.63, 3.8) is 0 Å². The lowest BCUT2D eigenvalue weighted by Gasteiger charge is -2.08. The maximum Gasteiger partial charge on any atom is 0.136 e. The molecule has 1 heterocycles. The number of aryl methyl sites for hydroxylation is 1. The zero-order chi connectivity index (χ0) is 12.3. The minimum absolute atomic E-state index is 0.731. The number of anilines is 3. The molecule has 0 spiro atoms. The molecule has 0 saturated carbocycles. The van der Waals surface area contributed by atoms with Crippen molar-refractivity contribution < 1.29 is 0 Å². The van der Waals surface area contributed by atoms with Gasteiger partial charge in [-0.2, -0.15) is 0 Å². The summed E-state index contributed by atoms with van der Waals surface area (Å²) in [5, 5.41) is 6.24. The zero-order valence-electron chi connectivity index (χ0n) is 9.66. The smallest absolute Gasteiger partial charge is 0.136 e. The van der Waals surface area contributed by atoms with Crippen LogP contribution in [0, 0.1) is 6.92 Å². The van der Waals surface area contributed by atoms with E-state index in [-0.39, 0.29) is 0 Å². The minimum atomic E-state index is 0.731. The Morgan fingerprint density at radius 1 is 1.12 bits per heavy atom. The fraction of sp³-hybridized carbons (Fsp3) is 0.167. The van der Waals surface area contributed by atoms with Crippen LogP contribution in [-0.4, -0.2) is 17.0 Å². The number of halogens is 1. The van der Waals surface area contributed by atoms with E-state index in [1.54, 1.807) is 0 Å². The van der Waals surface area contributed by atoms with E-state index >= 15 is 0 Å². The fourth-order valence-corrected chi connectivity index (χ4v) is 1.87. The molecule has 88 valence electrons. The van der Waals surface area contributed by atoms with Gasteiger partial charge in [-0.15, -0.1) is 0 Å². The molecule has 0 atom stereocenters. The molecule has 4 nitrogen and oxygen atoms in total. The standard InChI is InChI=1S/C12H13BrN4/c1-8-15-11(14-2)7-12(16-8)17-10-5-3-4-9(13)6-10/h3-7H,1-2H3,(H2,14,15,16,17). The van der Waals surface area contributed by atoms with Crippen molar-refractivity contribution in [3.05, 3.63) is 40.6 Å². The van der Waals surface area contributed by atoms with Crippen LogP contribution < -0.4 is 10.6 Å². The van der Waals surface area contributed by atoms with Gasteiger partial charge in [0, 0.05) is 23.3 Å². The Morgan fingerprint density at radius 3 is 2.59 bits per heavy atom. The molecule has 0 unspecified atom stereocenters. The molecule has 1 aromatic heterocycles. The molecule has 0 saturated heterocycles. The highest BCUT2D eigenvalue weighted by Crippen LogP contribution is 2.20. The maximum atomic E-state index is 4.33. The molecule has 0 amide bonds. The summed E-state index contributed by atoms with van der Waals surface area (Å²) in [5.74, 6) is 2.31. The normalized spacial score (nSPS) is 10.1. The van der Waals surface area contributed by atoms with E-state index in [9.17, 15) is 0 Å². The van der Waals surface area contributed by atoms with Crippen molar-refractivity contribution >= 4 is 33.3 Å². The molecule has 2 N–H and O–H groups in total. The van der Waals surface area contributed by atoms with Gasteiger partial charge < -0.3 is 10.6 Å². The summed E-state index contributed by atoms with van der Waals surface area (Å²) < 4.78 is 1.03. The monoisotopic (exact) mass is 292 g/mol. The summed E-state index contributed by atoms with van der Waals surface area (Å²) in [6.07, 6.45) is 0. The van der Waals surface area contributed by atoms with E-state index in [4.69, 9.17) is 0 Å².